The van der Waals surface area contributed by atoms with Crippen LogP contribution in [0.15, 0.2) is 48.9 Å². The second-order valence-electron chi connectivity index (χ2n) is 3.36. The van der Waals surface area contributed by atoms with Gasteiger partial charge >= 0.3 is 0 Å². The van der Waals surface area contributed by atoms with E-state index in [4.69, 9.17) is 0 Å². The predicted molar refractivity (Wildman–Crippen MR) is 59.3 cm³/mol. The highest BCUT2D eigenvalue weighted by Gasteiger charge is 2.02. The topological polar surface area (TPSA) is 41.6 Å². The smallest absolute Gasteiger partial charge is 0.105 e. The molecular weight excluding hydrogens is 186 g/mol. The summed E-state index contributed by atoms with van der Waals surface area (Å²) in [6, 6.07) is 10.2. The molecule has 0 unspecified atom stereocenters. The van der Waals surface area contributed by atoms with Crippen LogP contribution >= 0.6 is 0 Å². The van der Waals surface area contributed by atoms with Gasteiger partial charge in [0.05, 0.1) is 11.9 Å². The van der Waals surface area contributed by atoms with Crippen molar-refractivity contribution in [3.05, 3.63) is 48.9 Å². The molecule has 0 fully saturated rings. The number of aromatic nitrogens is 3. The van der Waals surface area contributed by atoms with E-state index in [1.54, 1.807) is 18.6 Å². The van der Waals surface area contributed by atoms with Crippen molar-refractivity contribution in [3.8, 4) is 11.4 Å². The van der Waals surface area contributed by atoms with Gasteiger partial charge in [-0.3, -0.25) is 9.97 Å². The van der Waals surface area contributed by atoms with Crippen LogP contribution < -0.4 is 0 Å². The molecule has 2 aromatic heterocycles. The quantitative estimate of drug-likeness (QED) is 0.648. The zero-order valence-corrected chi connectivity index (χ0v) is 8.01. The second-order valence-corrected chi connectivity index (χ2v) is 3.36. The Balaban J connectivity index is 2.21. The Hall–Kier alpha value is -2.16. The van der Waals surface area contributed by atoms with Crippen molar-refractivity contribution in [1.29, 1.82) is 0 Å². The molecule has 1 N–H and O–H groups in total. The van der Waals surface area contributed by atoms with Crippen LogP contribution in [0.5, 0.6) is 0 Å². The summed E-state index contributed by atoms with van der Waals surface area (Å²) in [6.45, 7) is 0. The van der Waals surface area contributed by atoms with Gasteiger partial charge in [0.25, 0.3) is 0 Å². The molecule has 3 rings (SSSR count). The molecule has 15 heavy (non-hydrogen) atoms. The number of nitrogens with zero attached hydrogens (tertiary/aromatic N) is 2. The number of para-hydroxylation sites is 1. The van der Waals surface area contributed by atoms with Gasteiger partial charge in [-0.1, -0.05) is 18.2 Å². The van der Waals surface area contributed by atoms with Crippen LogP contribution in [0, 0.1) is 0 Å². The number of aromatic amines is 1. The Morgan fingerprint density at radius 1 is 1.07 bits per heavy atom. The fourth-order valence-corrected chi connectivity index (χ4v) is 1.65. The number of H-pyrrole nitrogens is 1. The molecule has 0 aliphatic heterocycles. The lowest BCUT2D eigenvalue weighted by atomic mass is 10.2. The predicted octanol–water partition coefficient (Wildman–Crippen LogP) is 2.62. The van der Waals surface area contributed by atoms with Gasteiger partial charge < -0.3 is 4.98 Å². The maximum Gasteiger partial charge on any atom is 0.105 e. The van der Waals surface area contributed by atoms with E-state index in [0.29, 0.717) is 0 Å². The van der Waals surface area contributed by atoms with Gasteiger partial charge in [0, 0.05) is 23.3 Å². The summed E-state index contributed by atoms with van der Waals surface area (Å²) < 4.78 is 0. The zero-order valence-electron chi connectivity index (χ0n) is 8.01. The van der Waals surface area contributed by atoms with E-state index in [9.17, 15) is 0 Å². The van der Waals surface area contributed by atoms with Crippen molar-refractivity contribution in [2.75, 3.05) is 0 Å². The van der Waals surface area contributed by atoms with Crippen LogP contribution in [0.4, 0.5) is 0 Å². The fourth-order valence-electron chi connectivity index (χ4n) is 1.65. The molecule has 0 saturated heterocycles. The fraction of sp³-hybridized carbons (Fsp3) is 0. The van der Waals surface area contributed by atoms with Crippen molar-refractivity contribution in [2.45, 2.75) is 0 Å². The lowest BCUT2D eigenvalue weighted by Crippen LogP contribution is -1.82. The average Bonchev–Trinajstić information content (AvgIpc) is 2.74. The molecule has 0 aliphatic carbocycles. The highest BCUT2D eigenvalue weighted by molar-refractivity contribution is 5.84. The molecule has 3 aromatic rings. The maximum absolute atomic E-state index is 4.25. The van der Waals surface area contributed by atoms with E-state index in [2.05, 4.69) is 33.2 Å². The van der Waals surface area contributed by atoms with Crippen molar-refractivity contribution in [1.82, 2.24) is 15.0 Å². The summed E-state index contributed by atoms with van der Waals surface area (Å²) in [7, 11) is 0. The SMILES string of the molecule is c1ccc2[nH]c(-c3cnccn3)cc2c1. The highest BCUT2D eigenvalue weighted by Crippen LogP contribution is 2.21. The largest absolute Gasteiger partial charge is 0.353 e. The van der Waals surface area contributed by atoms with E-state index in [1.807, 2.05) is 12.1 Å². The molecule has 3 nitrogen and oxygen atoms in total. The maximum atomic E-state index is 4.25. The van der Waals surface area contributed by atoms with Crippen molar-refractivity contribution >= 4 is 10.9 Å². The Morgan fingerprint density at radius 3 is 2.80 bits per heavy atom. The van der Waals surface area contributed by atoms with Crippen LogP contribution in [-0.4, -0.2) is 15.0 Å². The van der Waals surface area contributed by atoms with Gasteiger partial charge in [-0.2, -0.15) is 0 Å². The minimum absolute atomic E-state index is 0.869. The van der Waals surface area contributed by atoms with Gasteiger partial charge in [0.15, 0.2) is 0 Å². The molecule has 0 bridgehead atoms. The molecule has 72 valence electrons. The molecule has 0 aliphatic rings. The number of fused-ring (bicyclic) bond motifs is 1. The molecular formula is C12H9N3. The second kappa shape index (κ2) is 3.20. The number of hydrogen-bond donors (Lipinski definition) is 1. The van der Waals surface area contributed by atoms with E-state index in [1.165, 1.54) is 5.39 Å². The monoisotopic (exact) mass is 195 g/mol. The Morgan fingerprint density at radius 2 is 2.00 bits per heavy atom. The number of benzene rings is 1. The molecule has 0 amide bonds. The highest BCUT2D eigenvalue weighted by atomic mass is 14.8. The minimum Gasteiger partial charge on any atom is -0.353 e. The molecule has 0 atom stereocenters. The summed E-state index contributed by atoms with van der Waals surface area (Å²) >= 11 is 0. The van der Waals surface area contributed by atoms with Gasteiger partial charge in [-0.15, -0.1) is 0 Å². The Kier molecular flexibility index (Phi) is 1.75. The molecule has 2 heterocycles. The number of nitrogens with one attached hydrogen (secondary N) is 1. The normalized spacial score (nSPS) is 10.7. The zero-order chi connectivity index (χ0) is 10.1. The van der Waals surface area contributed by atoms with Gasteiger partial charge in [-0.25, -0.2) is 0 Å². The first-order chi connectivity index (χ1) is 7.43. The summed E-state index contributed by atoms with van der Waals surface area (Å²) in [5.74, 6) is 0. The van der Waals surface area contributed by atoms with Crippen molar-refractivity contribution in [3.63, 3.8) is 0 Å². The van der Waals surface area contributed by atoms with Crippen LogP contribution in [-0.2, 0) is 0 Å². The summed E-state index contributed by atoms with van der Waals surface area (Å²) in [6.07, 6.45) is 5.12. The van der Waals surface area contributed by atoms with Gasteiger partial charge in [-0.05, 0) is 12.1 Å². The van der Waals surface area contributed by atoms with Gasteiger partial charge in [0.1, 0.15) is 5.69 Å². The summed E-state index contributed by atoms with van der Waals surface area (Å²) in [5.41, 5.74) is 3.00. The molecule has 1 aromatic carbocycles. The first kappa shape index (κ1) is 8.17. The summed E-state index contributed by atoms with van der Waals surface area (Å²) in [5, 5.41) is 1.19. The standard InChI is InChI=1S/C12H9N3/c1-2-4-10-9(3-1)7-11(15-10)12-8-13-5-6-14-12/h1-8,15H. The summed E-state index contributed by atoms with van der Waals surface area (Å²) in [4.78, 5) is 11.6. The first-order valence-corrected chi connectivity index (χ1v) is 4.77. The molecule has 0 radical (unpaired) electrons. The van der Waals surface area contributed by atoms with Crippen molar-refractivity contribution in [2.24, 2.45) is 0 Å². The Labute approximate surface area is 86.8 Å². The third kappa shape index (κ3) is 1.38. The van der Waals surface area contributed by atoms with Crippen LogP contribution in [0.2, 0.25) is 0 Å². The van der Waals surface area contributed by atoms with Crippen LogP contribution in [0.25, 0.3) is 22.3 Å². The Bertz CT molecular complexity index is 551. The third-order valence-corrected chi connectivity index (χ3v) is 2.37. The first-order valence-electron chi connectivity index (χ1n) is 4.77. The number of hydrogen-bond acceptors (Lipinski definition) is 2. The van der Waals surface area contributed by atoms with E-state index < -0.39 is 0 Å². The lowest BCUT2D eigenvalue weighted by molar-refractivity contribution is 1.19. The number of rotatable bonds is 1. The average molecular weight is 195 g/mol. The third-order valence-electron chi connectivity index (χ3n) is 2.37. The molecule has 0 saturated carbocycles. The van der Waals surface area contributed by atoms with Crippen LogP contribution in [0.1, 0.15) is 0 Å². The van der Waals surface area contributed by atoms with Crippen LogP contribution in [0.3, 0.4) is 0 Å². The van der Waals surface area contributed by atoms with Crippen molar-refractivity contribution < 1.29 is 0 Å². The van der Waals surface area contributed by atoms with E-state index in [0.717, 1.165) is 16.9 Å². The molecule has 0 spiro atoms. The lowest BCUT2D eigenvalue weighted by Gasteiger charge is -1.93. The van der Waals surface area contributed by atoms with Gasteiger partial charge in [0.2, 0.25) is 0 Å². The van der Waals surface area contributed by atoms with E-state index >= 15 is 0 Å². The molecule has 3 heteroatoms. The minimum atomic E-state index is 0.869. The van der Waals surface area contributed by atoms with E-state index in [-0.39, 0.29) is 0 Å².